The molecule has 1 N–H and O–H groups in total. The van der Waals surface area contributed by atoms with E-state index < -0.39 is 22.9 Å². The van der Waals surface area contributed by atoms with Gasteiger partial charge in [-0.15, -0.1) is 0 Å². The molecule has 2 amide bonds. The van der Waals surface area contributed by atoms with Crippen molar-refractivity contribution >= 4 is 40.1 Å². The number of amidine groups is 1. The van der Waals surface area contributed by atoms with E-state index in [-0.39, 0.29) is 18.3 Å². The summed E-state index contributed by atoms with van der Waals surface area (Å²) < 4.78 is 32.7. The molecule has 0 saturated carbocycles. The third-order valence-corrected chi connectivity index (χ3v) is 7.48. The minimum atomic E-state index is -0.741. The minimum Gasteiger partial charge on any atom is -0.497 e. The summed E-state index contributed by atoms with van der Waals surface area (Å²) in [6.07, 6.45) is 0.381. The summed E-state index contributed by atoms with van der Waals surface area (Å²) in [7, 11) is 1.59. The summed E-state index contributed by atoms with van der Waals surface area (Å²) in [5.74, 6) is -0.922. The molecule has 5 rings (SSSR count). The number of benzene rings is 3. The SMILES string of the molecule is COc1ccc(C2=NN(C3=NC(=O)[C@H](CC(=O)Nc4ccc(C)c(F)c4)S3)[C@@H](c3ccc(F)cc3)C2)cc1. The van der Waals surface area contributed by atoms with Gasteiger partial charge in [-0.2, -0.15) is 10.1 Å². The van der Waals surface area contributed by atoms with Gasteiger partial charge >= 0.3 is 0 Å². The van der Waals surface area contributed by atoms with Gasteiger partial charge in [-0.05, 0) is 72.1 Å². The average Bonchev–Trinajstić information content (AvgIpc) is 3.51. The lowest BCUT2D eigenvalue weighted by molar-refractivity contribution is -0.121. The number of hydrogen-bond acceptors (Lipinski definition) is 6. The van der Waals surface area contributed by atoms with Crippen LogP contribution in [0.5, 0.6) is 5.75 Å². The summed E-state index contributed by atoms with van der Waals surface area (Å²) in [5, 5.41) is 8.71. The number of hydrogen-bond donors (Lipinski definition) is 1. The van der Waals surface area contributed by atoms with E-state index in [1.165, 1.54) is 18.2 Å². The van der Waals surface area contributed by atoms with Crippen LogP contribution in [0.25, 0.3) is 0 Å². The lowest BCUT2D eigenvalue weighted by Crippen LogP contribution is -2.25. The van der Waals surface area contributed by atoms with Gasteiger partial charge in [-0.25, -0.2) is 13.8 Å². The molecule has 2 atom stereocenters. The zero-order valence-electron chi connectivity index (χ0n) is 20.7. The van der Waals surface area contributed by atoms with Crippen molar-refractivity contribution in [3.05, 3.63) is 95.1 Å². The molecule has 7 nitrogen and oxygen atoms in total. The first-order chi connectivity index (χ1) is 18.3. The van der Waals surface area contributed by atoms with Crippen molar-refractivity contribution in [3.8, 4) is 5.75 Å². The maximum Gasteiger partial charge on any atom is 0.262 e. The Bertz CT molecular complexity index is 1440. The summed E-state index contributed by atoms with van der Waals surface area (Å²) in [6, 6.07) is 17.7. The van der Waals surface area contributed by atoms with Gasteiger partial charge in [0.15, 0.2) is 5.17 Å². The predicted octanol–water partition coefficient (Wildman–Crippen LogP) is 5.46. The van der Waals surface area contributed by atoms with Crippen molar-refractivity contribution in [2.75, 3.05) is 12.4 Å². The van der Waals surface area contributed by atoms with Gasteiger partial charge < -0.3 is 10.1 Å². The Morgan fingerprint density at radius 2 is 1.84 bits per heavy atom. The van der Waals surface area contributed by atoms with Crippen LogP contribution in [0, 0.1) is 18.6 Å². The maximum atomic E-state index is 13.8. The van der Waals surface area contributed by atoms with Crippen molar-refractivity contribution in [2.24, 2.45) is 10.1 Å². The summed E-state index contributed by atoms with van der Waals surface area (Å²) in [4.78, 5) is 29.6. The molecule has 2 aliphatic rings. The smallest absolute Gasteiger partial charge is 0.262 e. The van der Waals surface area contributed by atoms with E-state index in [9.17, 15) is 18.4 Å². The van der Waals surface area contributed by atoms with E-state index in [1.54, 1.807) is 43.3 Å². The normalized spacial score (nSPS) is 18.8. The summed E-state index contributed by atoms with van der Waals surface area (Å²) in [6.45, 7) is 1.63. The molecule has 0 fully saturated rings. The number of carbonyl (C=O) groups is 2. The fourth-order valence-corrected chi connectivity index (χ4v) is 5.31. The van der Waals surface area contributed by atoms with Crippen LogP contribution >= 0.6 is 11.8 Å². The van der Waals surface area contributed by atoms with Crippen LogP contribution in [-0.2, 0) is 9.59 Å². The van der Waals surface area contributed by atoms with E-state index in [0.717, 1.165) is 34.3 Å². The number of ether oxygens (including phenoxy) is 1. The van der Waals surface area contributed by atoms with Crippen LogP contribution in [-0.4, -0.2) is 40.1 Å². The Kier molecular flexibility index (Phi) is 7.24. The minimum absolute atomic E-state index is 0.129. The first-order valence-electron chi connectivity index (χ1n) is 11.9. The van der Waals surface area contributed by atoms with Crippen molar-refractivity contribution < 1.29 is 23.1 Å². The number of carbonyl (C=O) groups excluding carboxylic acids is 2. The fourth-order valence-electron chi connectivity index (χ4n) is 4.24. The van der Waals surface area contributed by atoms with Gasteiger partial charge in [-0.1, -0.05) is 30.0 Å². The number of nitrogens with one attached hydrogen (secondary N) is 1. The molecule has 194 valence electrons. The van der Waals surface area contributed by atoms with E-state index in [0.29, 0.717) is 22.8 Å². The highest BCUT2D eigenvalue weighted by molar-refractivity contribution is 8.15. The van der Waals surface area contributed by atoms with Crippen molar-refractivity contribution in [1.82, 2.24) is 5.01 Å². The third kappa shape index (κ3) is 5.45. The quantitative estimate of drug-likeness (QED) is 0.454. The molecular weight excluding hydrogens is 510 g/mol. The number of nitrogens with zero attached hydrogens (tertiary/aromatic N) is 3. The molecule has 0 aliphatic carbocycles. The Balaban J connectivity index is 1.34. The number of rotatable bonds is 6. The molecule has 2 heterocycles. The van der Waals surface area contributed by atoms with E-state index in [1.807, 2.05) is 24.3 Å². The van der Waals surface area contributed by atoms with Crippen molar-refractivity contribution in [3.63, 3.8) is 0 Å². The monoisotopic (exact) mass is 534 g/mol. The Hall–Kier alpha value is -4.05. The largest absolute Gasteiger partial charge is 0.497 e. The van der Waals surface area contributed by atoms with Crippen LogP contribution in [0.2, 0.25) is 0 Å². The lowest BCUT2D eigenvalue weighted by Gasteiger charge is -2.23. The van der Waals surface area contributed by atoms with Crippen LogP contribution in [0.4, 0.5) is 14.5 Å². The molecule has 10 heteroatoms. The van der Waals surface area contributed by atoms with Crippen LogP contribution < -0.4 is 10.1 Å². The first kappa shape index (κ1) is 25.6. The van der Waals surface area contributed by atoms with Crippen LogP contribution in [0.1, 0.15) is 35.6 Å². The topological polar surface area (TPSA) is 83.4 Å². The number of methoxy groups -OCH3 is 1. The second-order valence-electron chi connectivity index (χ2n) is 8.95. The Morgan fingerprint density at radius 1 is 1.11 bits per heavy atom. The lowest BCUT2D eigenvalue weighted by atomic mass is 9.98. The highest BCUT2D eigenvalue weighted by Crippen LogP contribution is 2.38. The van der Waals surface area contributed by atoms with Gasteiger partial charge in [0, 0.05) is 18.5 Å². The highest BCUT2D eigenvalue weighted by Gasteiger charge is 2.39. The maximum absolute atomic E-state index is 13.8. The van der Waals surface area contributed by atoms with E-state index in [2.05, 4.69) is 10.3 Å². The second kappa shape index (κ2) is 10.7. The standard InChI is InChI=1S/C28H24F2N4O3S/c1-16-3-10-20(13-22(16)30)31-26(35)15-25-27(36)32-28(38-25)34-24(18-4-8-19(29)9-5-18)14-23(33-34)17-6-11-21(37-2)12-7-17/h3-13,24-25H,14-15H2,1-2H3,(H,31,35)/t24-,25+/m1/s1. The molecule has 0 aromatic heterocycles. The highest BCUT2D eigenvalue weighted by atomic mass is 32.2. The number of anilines is 1. The molecule has 38 heavy (non-hydrogen) atoms. The number of hydrazone groups is 1. The van der Waals surface area contributed by atoms with Crippen LogP contribution in [0.3, 0.4) is 0 Å². The number of halogens is 2. The number of aliphatic imine (C=N–C) groups is 1. The molecule has 0 unspecified atom stereocenters. The van der Waals surface area contributed by atoms with Gasteiger partial charge in [0.2, 0.25) is 5.91 Å². The molecule has 3 aromatic rings. The van der Waals surface area contributed by atoms with Crippen molar-refractivity contribution in [1.29, 1.82) is 0 Å². The fraction of sp³-hybridized carbons (Fsp3) is 0.214. The molecule has 0 radical (unpaired) electrons. The Morgan fingerprint density at radius 3 is 2.53 bits per heavy atom. The van der Waals surface area contributed by atoms with Crippen molar-refractivity contribution in [2.45, 2.75) is 31.1 Å². The van der Waals surface area contributed by atoms with Crippen LogP contribution in [0.15, 0.2) is 76.8 Å². The number of thioether (sulfide) groups is 1. The zero-order chi connectivity index (χ0) is 26.8. The molecule has 0 saturated heterocycles. The first-order valence-corrected chi connectivity index (χ1v) is 12.8. The summed E-state index contributed by atoms with van der Waals surface area (Å²) >= 11 is 1.16. The number of aryl methyl sites for hydroxylation is 1. The van der Waals surface area contributed by atoms with Gasteiger partial charge in [0.05, 0.1) is 18.9 Å². The van der Waals surface area contributed by atoms with E-state index >= 15 is 0 Å². The van der Waals surface area contributed by atoms with Gasteiger partial charge in [-0.3, -0.25) is 9.59 Å². The molecule has 3 aromatic carbocycles. The second-order valence-corrected chi connectivity index (χ2v) is 10.1. The van der Waals surface area contributed by atoms with E-state index in [4.69, 9.17) is 9.84 Å². The van der Waals surface area contributed by atoms with Gasteiger partial charge in [0.1, 0.15) is 22.6 Å². The zero-order valence-corrected chi connectivity index (χ0v) is 21.5. The van der Waals surface area contributed by atoms with Gasteiger partial charge in [0.25, 0.3) is 5.91 Å². The molecule has 0 spiro atoms. The Labute approximate surface area is 222 Å². The molecular formula is C28H24F2N4O3S. The molecule has 2 aliphatic heterocycles. The predicted molar refractivity (Wildman–Crippen MR) is 143 cm³/mol. The molecule has 0 bridgehead atoms. The average molecular weight is 535 g/mol. The summed E-state index contributed by atoms with van der Waals surface area (Å²) in [5.41, 5.74) is 3.27. The third-order valence-electron chi connectivity index (χ3n) is 6.34. The number of amides is 2.